The SMILES string of the molecule is CCNc1nc(COC)nc2c1CCC2. The quantitative estimate of drug-likeness (QED) is 0.813. The van der Waals surface area contributed by atoms with Crippen molar-refractivity contribution in [3.05, 3.63) is 17.1 Å². The zero-order chi connectivity index (χ0) is 10.7. The second-order valence-electron chi connectivity index (χ2n) is 3.73. The normalized spacial score (nSPS) is 14.0. The topological polar surface area (TPSA) is 47.0 Å². The van der Waals surface area contributed by atoms with Gasteiger partial charge in [-0.2, -0.15) is 0 Å². The Balaban J connectivity index is 2.34. The third-order valence-corrected chi connectivity index (χ3v) is 2.60. The number of anilines is 1. The highest BCUT2D eigenvalue weighted by molar-refractivity contribution is 5.48. The smallest absolute Gasteiger partial charge is 0.156 e. The lowest BCUT2D eigenvalue weighted by atomic mass is 10.2. The molecule has 4 nitrogen and oxygen atoms in total. The Morgan fingerprint density at radius 2 is 2.20 bits per heavy atom. The number of methoxy groups -OCH3 is 1. The van der Waals surface area contributed by atoms with Crippen molar-refractivity contribution in [1.82, 2.24) is 9.97 Å². The van der Waals surface area contributed by atoms with Gasteiger partial charge in [-0.3, -0.25) is 0 Å². The van der Waals surface area contributed by atoms with Crippen LogP contribution in [0.1, 0.15) is 30.4 Å². The number of fused-ring (bicyclic) bond motifs is 1. The molecule has 1 aliphatic carbocycles. The summed E-state index contributed by atoms with van der Waals surface area (Å²) < 4.78 is 5.07. The van der Waals surface area contributed by atoms with Gasteiger partial charge in [0.2, 0.25) is 0 Å². The van der Waals surface area contributed by atoms with E-state index in [2.05, 4.69) is 22.2 Å². The molecule has 0 bridgehead atoms. The Kier molecular flexibility index (Phi) is 3.16. The first-order valence-electron chi connectivity index (χ1n) is 5.46. The van der Waals surface area contributed by atoms with Crippen molar-refractivity contribution in [1.29, 1.82) is 0 Å². The number of hydrogen-bond donors (Lipinski definition) is 1. The fourth-order valence-corrected chi connectivity index (χ4v) is 1.99. The van der Waals surface area contributed by atoms with Crippen LogP contribution >= 0.6 is 0 Å². The Bertz CT molecular complexity index is 352. The molecule has 1 aromatic heterocycles. The highest BCUT2D eigenvalue weighted by Gasteiger charge is 2.18. The van der Waals surface area contributed by atoms with Crippen LogP contribution in [-0.2, 0) is 24.2 Å². The monoisotopic (exact) mass is 207 g/mol. The molecule has 15 heavy (non-hydrogen) atoms. The number of nitrogens with one attached hydrogen (secondary N) is 1. The number of ether oxygens (including phenoxy) is 1. The van der Waals surface area contributed by atoms with Crippen LogP contribution < -0.4 is 5.32 Å². The first kappa shape index (κ1) is 10.4. The van der Waals surface area contributed by atoms with Crippen molar-refractivity contribution >= 4 is 5.82 Å². The van der Waals surface area contributed by atoms with E-state index >= 15 is 0 Å². The highest BCUT2D eigenvalue weighted by Crippen LogP contribution is 2.26. The molecule has 0 radical (unpaired) electrons. The average Bonchev–Trinajstić information content (AvgIpc) is 2.67. The Morgan fingerprint density at radius 3 is 2.93 bits per heavy atom. The van der Waals surface area contributed by atoms with E-state index in [4.69, 9.17) is 4.74 Å². The molecule has 2 rings (SSSR count). The van der Waals surface area contributed by atoms with Gasteiger partial charge in [0.1, 0.15) is 12.4 Å². The van der Waals surface area contributed by atoms with Crippen LogP contribution in [0, 0.1) is 0 Å². The van der Waals surface area contributed by atoms with E-state index in [1.54, 1.807) is 7.11 Å². The summed E-state index contributed by atoms with van der Waals surface area (Å²) in [5.41, 5.74) is 2.50. The van der Waals surface area contributed by atoms with Crippen molar-refractivity contribution in [2.45, 2.75) is 32.8 Å². The lowest BCUT2D eigenvalue weighted by Crippen LogP contribution is -2.08. The molecule has 0 saturated heterocycles. The Morgan fingerprint density at radius 1 is 1.33 bits per heavy atom. The fraction of sp³-hybridized carbons (Fsp3) is 0.636. The molecule has 1 heterocycles. The van der Waals surface area contributed by atoms with Crippen LogP contribution in [0.3, 0.4) is 0 Å². The van der Waals surface area contributed by atoms with Crippen molar-refractivity contribution in [2.24, 2.45) is 0 Å². The Hall–Kier alpha value is -1.16. The molecule has 0 atom stereocenters. The van der Waals surface area contributed by atoms with Crippen molar-refractivity contribution < 1.29 is 4.74 Å². The molecule has 0 unspecified atom stereocenters. The fourth-order valence-electron chi connectivity index (χ4n) is 1.99. The molecular weight excluding hydrogens is 190 g/mol. The van der Waals surface area contributed by atoms with Crippen LogP contribution in [-0.4, -0.2) is 23.6 Å². The molecular formula is C11H17N3O. The first-order valence-corrected chi connectivity index (χ1v) is 5.46. The van der Waals surface area contributed by atoms with E-state index in [0.29, 0.717) is 6.61 Å². The average molecular weight is 207 g/mol. The molecule has 1 aliphatic rings. The minimum Gasteiger partial charge on any atom is -0.377 e. The maximum absolute atomic E-state index is 5.07. The van der Waals surface area contributed by atoms with Gasteiger partial charge in [0.25, 0.3) is 0 Å². The van der Waals surface area contributed by atoms with E-state index in [1.165, 1.54) is 17.7 Å². The minimum absolute atomic E-state index is 0.492. The predicted molar refractivity (Wildman–Crippen MR) is 58.9 cm³/mol. The Labute approximate surface area is 90.1 Å². The summed E-state index contributed by atoms with van der Waals surface area (Å²) in [6, 6.07) is 0. The van der Waals surface area contributed by atoms with Gasteiger partial charge in [0.05, 0.1) is 0 Å². The van der Waals surface area contributed by atoms with Gasteiger partial charge in [0.15, 0.2) is 5.82 Å². The number of aryl methyl sites for hydroxylation is 1. The minimum atomic E-state index is 0.492. The van der Waals surface area contributed by atoms with Crippen molar-refractivity contribution in [3.8, 4) is 0 Å². The van der Waals surface area contributed by atoms with Gasteiger partial charge >= 0.3 is 0 Å². The largest absolute Gasteiger partial charge is 0.377 e. The zero-order valence-electron chi connectivity index (χ0n) is 9.34. The standard InChI is InChI=1S/C11H17N3O/c1-3-12-11-8-5-4-6-9(8)13-10(14-11)7-15-2/h3-7H2,1-2H3,(H,12,13,14). The van der Waals surface area contributed by atoms with Crippen molar-refractivity contribution in [2.75, 3.05) is 19.0 Å². The maximum atomic E-state index is 5.07. The molecule has 0 spiro atoms. The zero-order valence-corrected chi connectivity index (χ0v) is 9.34. The summed E-state index contributed by atoms with van der Waals surface area (Å²) in [6.07, 6.45) is 3.37. The molecule has 0 amide bonds. The number of nitrogens with zero attached hydrogens (tertiary/aromatic N) is 2. The lowest BCUT2D eigenvalue weighted by molar-refractivity contribution is 0.177. The van der Waals surface area contributed by atoms with Crippen molar-refractivity contribution in [3.63, 3.8) is 0 Å². The first-order chi connectivity index (χ1) is 7.35. The van der Waals surface area contributed by atoms with Gasteiger partial charge < -0.3 is 10.1 Å². The van der Waals surface area contributed by atoms with Crippen LogP contribution in [0.5, 0.6) is 0 Å². The highest BCUT2D eigenvalue weighted by atomic mass is 16.5. The van der Waals surface area contributed by atoms with Gasteiger partial charge in [0, 0.05) is 24.9 Å². The molecule has 0 aliphatic heterocycles. The summed E-state index contributed by atoms with van der Waals surface area (Å²) in [4.78, 5) is 8.99. The molecule has 1 aromatic rings. The molecule has 82 valence electrons. The molecule has 4 heteroatoms. The third kappa shape index (κ3) is 2.09. The van der Waals surface area contributed by atoms with Crippen LogP contribution in [0.15, 0.2) is 0 Å². The summed E-state index contributed by atoms with van der Waals surface area (Å²) in [5.74, 6) is 1.79. The third-order valence-electron chi connectivity index (χ3n) is 2.60. The number of aromatic nitrogens is 2. The molecule has 0 saturated carbocycles. The number of rotatable bonds is 4. The number of hydrogen-bond acceptors (Lipinski definition) is 4. The predicted octanol–water partition coefficient (Wildman–Crippen LogP) is 1.54. The summed E-state index contributed by atoms with van der Waals surface area (Å²) in [6.45, 7) is 3.47. The molecule has 0 aromatic carbocycles. The van der Waals surface area contributed by atoms with E-state index in [-0.39, 0.29) is 0 Å². The lowest BCUT2D eigenvalue weighted by Gasteiger charge is -2.10. The van der Waals surface area contributed by atoms with E-state index < -0.39 is 0 Å². The summed E-state index contributed by atoms with van der Waals surface area (Å²) in [7, 11) is 1.67. The molecule has 1 N–H and O–H groups in total. The molecule has 0 fully saturated rings. The van der Waals surface area contributed by atoms with Gasteiger partial charge in [-0.15, -0.1) is 0 Å². The second kappa shape index (κ2) is 4.57. The van der Waals surface area contributed by atoms with Gasteiger partial charge in [-0.25, -0.2) is 9.97 Å². The van der Waals surface area contributed by atoms with Crippen LogP contribution in [0.25, 0.3) is 0 Å². The van der Waals surface area contributed by atoms with E-state index in [1.807, 2.05) is 0 Å². The maximum Gasteiger partial charge on any atom is 0.156 e. The van der Waals surface area contributed by atoms with Crippen LogP contribution in [0.2, 0.25) is 0 Å². The second-order valence-corrected chi connectivity index (χ2v) is 3.73. The summed E-state index contributed by atoms with van der Waals surface area (Å²) in [5, 5.41) is 3.30. The van der Waals surface area contributed by atoms with Crippen LogP contribution in [0.4, 0.5) is 5.82 Å². The van der Waals surface area contributed by atoms with Gasteiger partial charge in [-0.1, -0.05) is 0 Å². The van der Waals surface area contributed by atoms with E-state index in [9.17, 15) is 0 Å². The van der Waals surface area contributed by atoms with Gasteiger partial charge in [-0.05, 0) is 26.2 Å². The summed E-state index contributed by atoms with van der Waals surface area (Å²) >= 11 is 0. The van der Waals surface area contributed by atoms with E-state index in [0.717, 1.165) is 31.0 Å².